The van der Waals surface area contributed by atoms with Crippen molar-refractivity contribution in [2.45, 2.75) is 13.0 Å². The second kappa shape index (κ2) is 6.29. The molecule has 1 fully saturated rings. The number of hydrogen-bond donors (Lipinski definition) is 1. The highest BCUT2D eigenvalue weighted by molar-refractivity contribution is 9.11. The lowest BCUT2D eigenvalue weighted by Crippen LogP contribution is -2.46. The maximum atomic E-state index is 5.33. The van der Waals surface area contributed by atoms with E-state index in [1.165, 1.54) is 5.56 Å². The number of hydrogen-bond acceptors (Lipinski definition) is 3. The molecule has 0 aromatic heterocycles. The van der Waals surface area contributed by atoms with Crippen molar-refractivity contribution in [3.8, 4) is 0 Å². The Morgan fingerprint density at radius 3 is 2.65 bits per heavy atom. The first-order chi connectivity index (χ1) is 8.16. The molecule has 0 spiro atoms. The summed E-state index contributed by atoms with van der Waals surface area (Å²) in [5.41, 5.74) is 4.77. The molecule has 1 aromatic rings. The lowest BCUT2D eigenvalue weighted by molar-refractivity contribution is 0.00479. The van der Waals surface area contributed by atoms with E-state index in [-0.39, 0.29) is 6.04 Å². The van der Waals surface area contributed by atoms with Gasteiger partial charge in [-0.25, -0.2) is 10.4 Å². The van der Waals surface area contributed by atoms with Crippen LogP contribution in [0.2, 0.25) is 0 Å². The van der Waals surface area contributed by atoms with E-state index in [9.17, 15) is 0 Å². The zero-order valence-electron chi connectivity index (χ0n) is 9.75. The average molecular weight is 364 g/mol. The molecule has 1 N–H and O–H groups in total. The molecule has 0 aliphatic carbocycles. The van der Waals surface area contributed by atoms with Crippen molar-refractivity contribution in [1.29, 1.82) is 0 Å². The van der Waals surface area contributed by atoms with E-state index in [4.69, 9.17) is 4.74 Å². The van der Waals surface area contributed by atoms with Gasteiger partial charge in [-0.2, -0.15) is 0 Å². The number of halogens is 2. The smallest absolute Gasteiger partial charge is 0.0608 e. The minimum atomic E-state index is 0.288. The molecule has 5 heteroatoms. The van der Waals surface area contributed by atoms with Gasteiger partial charge in [0, 0.05) is 28.1 Å². The third-order valence-corrected chi connectivity index (χ3v) is 4.00. The van der Waals surface area contributed by atoms with Crippen LogP contribution in [0.5, 0.6) is 0 Å². The number of nitrogens with one attached hydrogen (secondary N) is 1. The second-order valence-corrected chi connectivity index (χ2v) is 5.89. The lowest BCUT2D eigenvalue weighted by Gasteiger charge is -2.30. The van der Waals surface area contributed by atoms with Crippen LogP contribution in [-0.4, -0.2) is 31.3 Å². The summed E-state index contributed by atoms with van der Waals surface area (Å²) in [6, 6.07) is 6.56. The molecule has 2 rings (SSSR count). The molecule has 1 aliphatic heterocycles. The van der Waals surface area contributed by atoms with E-state index in [0.29, 0.717) is 0 Å². The minimum absolute atomic E-state index is 0.288. The van der Waals surface area contributed by atoms with Gasteiger partial charge in [0.2, 0.25) is 0 Å². The highest BCUT2D eigenvalue weighted by Gasteiger charge is 2.15. The molecule has 0 radical (unpaired) electrons. The molecule has 1 aliphatic rings. The fourth-order valence-electron chi connectivity index (χ4n) is 1.89. The summed E-state index contributed by atoms with van der Waals surface area (Å²) in [6.07, 6.45) is 0. The van der Waals surface area contributed by atoms with E-state index in [2.05, 4.69) is 67.4 Å². The van der Waals surface area contributed by atoms with Gasteiger partial charge in [0.25, 0.3) is 0 Å². The maximum Gasteiger partial charge on any atom is 0.0608 e. The molecule has 94 valence electrons. The number of hydrazine groups is 1. The van der Waals surface area contributed by atoms with Crippen molar-refractivity contribution in [3.63, 3.8) is 0 Å². The van der Waals surface area contributed by atoms with Crippen LogP contribution >= 0.6 is 31.9 Å². The molecule has 1 saturated heterocycles. The van der Waals surface area contributed by atoms with Gasteiger partial charge in [-0.1, -0.05) is 37.9 Å². The first-order valence-electron chi connectivity index (χ1n) is 5.70. The number of rotatable bonds is 3. The predicted octanol–water partition coefficient (Wildman–Crippen LogP) is 3.11. The summed E-state index contributed by atoms with van der Waals surface area (Å²) < 4.78 is 7.54. The Kier molecular flexibility index (Phi) is 4.99. The Balaban J connectivity index is 2.00. The van der Waals surface area contributed by atoms with Gasteiger partial charge in [0.1, 0.15) is 0 Å². The number of morpholine rings is 1. The second-order valence-electron chi connectivity index (χ2n) is 4.12. The van der Waals surface area contributed by atoms with Crippen molar-refractivity contribution < 1.29 is 4.74 Å². The van der Waals surface area contributed by atoms with Crippen LogP contribution in [0.25, 0.3) is 0 Å². The predicted molar refractivity (Wildman–Crippen MR) is 75.8 cm³/mol. The van der Waals surface area contributed by atoms with Crippen LogP contribution in [-0.2, 0) is 4.74 Å². The lowest BCUT2D eigenvalue weighted by atomic mass is 10.1. The zero-order valence-corrected chi connectivity index (χ0v) is 12.9. The molecule has 3 nitrogen and oxygen atoms in total. The Morgan fingerprint density at radius 1 is 1.29 bits per heavy atom. The van der Waals surface area contributed by atoms with E-state index >= 15 is 0 Å². The zero-order chi connectivity index (χ0) is 12.3. The highest BCUT2D eigenvalue weighted by Crippen LogP contribution is 2.26. The molecular weight excluding hydrogens is 348 g/mol. The fourth-order valence-corrected chi connectivity index (χ4v) is 3.28. The summed E-state index contributed by atoms with van der Waals surface area (Å²) in [5.74, 6) is 0. The third-order valence-electron chi connectivity index (χ3n) is 2.82. The van der Waals surface area contributed by atoms with Crippen LogP contribution in [0.15, 0.2) is 27.1 Å². The largest absolute Gasteiger partial charge is 0.379 e. The van der Waals surface area contributed by atoms with Gasteiger partial charge in [-0.15, -0.1) is 0 Å². The molecular formula is C12H16Br2N2O. The van der Waals surface area contributed by atoms with Gasteiger partial charge in [0.05, 0.1) is 13.2 Å². The van der Waals surface area contributed by atoms with Crippen molar-refractivity contribution in [2.24, 2.45) is 0 Å². The van der Waals surface area contributed by atoms with Crippen molar-refractivity contribution in [1.82, 2.24) is 10.4 Å². The monoisotopic (exact) mass is 362 g/mol. The van der Waals surface area contributed by atoms with Crippen LogP contribution in [0, 0.1) is 0 Å². The van der Waals surface area contributed by atoms with E-state index in [1.54, 1.807) is 0 Å². The topological polar surface area (TPSA) is 24.5 Å². The van der Waals surface area contributed by atoms with Crippen LogP contribution in [0.3, 0.4) is 0 Å². The van der Waals surface area contributed by atoms with E-state index in [1.807, 2.05) is 0 Å². The standard InChI is InChI=1S/C12H16Br2N2O/c1-9(15-16-4-6-17-7-5-16)11-3-2-10(13)8-12(11)14/h2-3,8-9,15H,4-7H2,1H3. The number of ether oxygens (including phenoxy) is 1. The highest BCUT2D eigenvalue weighted by atomic mass is 79.9. The third kappa shape index (κ3) is 3.76. The molecule has 17 heavy (non-hydrogen) atoms. The molecule has 1 aromatic carbocycles. The van der Waals surface area contributed by atoms with E-state index < -0.39 is 0 Å². The normalized spacial score (nSPS) is 19.2. The van der Waals surface area contributed by atoms with Gasteiger partial charge in [-0.05, 0) is 24.6 Å². The molecule has 1 atom stereocenters. The Labute approximate surface area is 119 Å². The Morgan fingerprint density at radius 2 is 2.00 bits per heavy atom. The van der Waals surface area contributed by atoms with Crippen LogP contribution in [0.4, 0.5) is 0 Å². The Bertz CT molecular complexity index is 381. The van der Waals surface area contributed by atoms with Crippen LogP contribution in [0.1, 0.15) is 18.5 Å². The van der Waals surface area contributed by atoms with Crippen LogP contribution < -0.4 is 5.43 Å². The fraction of sp³-hybridized carbons (Fsp3) is 0.500. The van der Waals surface area contributed by atoms with Crippen molar-refractivity contribution >= 4 is 31.9 Å². The quantitative estimate of drug-likeness (QED) is 0.892. The maximum absolute atomic E-state index is 5.33. The summed E-state index contributed by atoms with van der Waals surface area (Å²) in [4.78, 5) is 0. The van der Waals surface area contributed by atoms with Gasteiger partial charge in [0.15, 0.2) is 0 Å². The van der Waals surface area contributed by atoms with Gasteiger partial charge < -0.3 is 4.74 Å². The van der Waals surface area contributed by atoms with E-state index in [0.717, 1.165) is 35.2 Å². The SMILES string of the molecule is CC(NN1CCOCC1)c1ccc(Br)cc1Br. The minimum Gasteiger partial charge on any atom is -0.379 e. The van der Waals surface area contributed by atoms with Gasteiger partial charge in [-0.3, -0.25) is 0 Å². The summed E-state index contributed by atoms with van der Waals surface area (Å²) in [5, 5.41) is 2.22. The Hall–Kier alpha value is 0.0600. The summed E-state index contributed by atoms with van der Waals surface area (Å²) >= 11 is 7.07. The molecule has 0 saturated carbocycles. The molecule has 0 bridgehead atoms. The van der Waals surface area contributed by atoms with Gasteiger partial charge >= 0.3 is 0 Å². The number of benzene rings is 1. The summed E-state index contributed by atoms with van der Waals surface area (Å²) in [6.45, 7) is 5.67. The molecule has 1 unspecified atom stereocenters. The average Bonchev–Trinajstić information content (AvgIpc) is 2.30. The molecule has 0 amide bonds. The molecule has 1 heterocycles. The van der Waals surface area contributed by atoms with Crippen molar-refractivity contribution in [3.05, 3.63) is 32.7 Å². The van der Waals surface area contributed by atoms with Crippen molar-refractivity contribution in [2.75, 3.05) is 26.3 Å². The first kappa shape index (κ1) is 13.5. The first-order valence-corrected chi connectivity index (χ1v) is 7.29. The summed E-state index contributed by atoms with van der Waals surface area (Å²) in [7, 11) is 0. The number of nitrogens with zero attached hydrogens (tertiary/aromatic N) is 1.